The van der Waals surface area contributed by atoms with E-state index in [-0.39, 0.29) is 4.88 Å². The van der Waals surface area contributed by atoms with Gasteiger partial charge in [-0.3, -0.25) is 4.79 Å². The fraction of sp³-hybridized carbons (Fsp3) is 0.500. The molecule has 2 atom stereocenters. The molecule has 0 saturated carbocycles. The summed E-state index contributed by atoms with van der Waals surface area (Å²) in [5.41, 5.74) is -0.686. The van der Waals surface area contributed by atoms with Crippen LogP contribution in [0.3, 0.4) is 0 Å². The Hall–Kier alpha value is -2.67. The zero-order chi connectivity index (χ0) is 21.3. The quantitative estimate of drug-likeness (QED) is 0.659. The first-order valence-corrected chi connectivity index (χ1v) is 9.33. The Morgan fingerprint density at radius 3 is 2.72 bits per heavy atom. The predicted molar refractivity (Wildman–Crippen MR) is 96.3 cm³/mol. The number of aryl methyl sites for hydroxylation is 1. The number of carboxylic acid groups (broad SMARTS) is 1. The van der Waals surface area contributed by atoms with Crippen LogP contribution in [0.2, 0.25) is 0 Å². The van der Waals surface area contributed by atoms with Gasteiger partial charge < -0.3 is 25.0 Å². The number of piperidine rings is 1. The molecule has 29 heavy (non-hydrogen) atoms. The number of thiazole rings is 1. The normalized spacial score (nSPS) is 20.0. The summed E-state index contributed by atoms with van der Waals surface area (Å²) in [4.78, 5) is 35.2. The van der Waals surface area contributed by atoms with Gasteiger partial charge >= 0.3 is 12.1 Å². The van der Waals surface area contributed by atoms with E-state index in [1.54, 1.807) is 6.92 Å². The minimum absolute atomic E-state index is 0.155. The minimum atomic E-state index is -4.62. The number of halogens is 3. The molecule has 0 aliphatic carbocycles. The molecule has 13 heteroatoms. The van der Waals surface area contributed by atoms with Crippen LogP contribution in [0, 0.1) is 6.92 Å². The number of nitrogens with zero attached hydrogens (tertiary/aromatic N) is 3. The van der Waals surface area contributed by atoms with Crippen molar-refractivity contribution in [3.63, 3.8) is 0 Å². The molecule has 9 nitrogen and oxygen atoms in total. The van der Waals surface area contributed by atoms with Crippen molar-refractivity contribution in [2.45, 2.75) is 31.7 Å². The molecule has 0 unspecified atom stereocenters. The number of hydrogen-bond acceptors (Lipinski definition) is 7. The summed E-state index contributed by atoms with van der Waals surface area (Å²) in [6.45, 7) is 2.41. The molecular formula is C16H18F3N5O4S. The number of carboxylic acids is 1. The van der Waals surface area contributed by atoms with Gasteiger partial charge in [0.05, 0.1) is 24.0 Å². The lowest BCUT2D eigenvalue weighted by atomic mass is 10.0. The highest BCUT2D eigenvalue weighted by Crippen LogP contribution is 2.29. The van der Waals surface area contributed by atoms with Gasteiger partial charge in [-0.05, 0) is 13.3 Å². The van der Waals surface area contributed by atoms with Crippen LogP contribution in [0.15, 0.2) is 6.20 Å². The zero-order valence-corrected chi connectivity index (χ0v) is 16.2. The molecular weight excluding hydrogens is 415 g/mol. The number of nitrogens with one attached hydrogen (secondary N) is 2. The van der Waals surface area contributed by atoms with Crippen molar-refractivity contribution < 1.29 is 32.6 Å². The summed E-state index contributed by atoms with van der Waals surface area (Å²) < 4.78 is 43.4. The highest BCUT2D eigenvalue weighted by Gasteiger charge is 2.35. The van der Waals surface area contributed by atoms with Gasteiger partial charge in [-0.1, -0.05) is 11.3 Å². The molecule has 2 aromatic rings. The number of imidazole rings is 1. The summed E-state index contributed by atoms with van der Waals surface area (Å²) >= 11 is 1.05. The second-order valence-electron chi connectivity index (χ2n) is 6.45. The van der Waals surface area contributed by atoms with Crippen molar-refractivity contribution in [3.8, 4) is 0 Å². The molecule has 1 aliphatic heterocycles. The lowest BCUT2D eigenvalue weighted by Crippen LogP contribution is -2.55. The average Bonchev–Trinajstić information content (AvgIpc) is 3.29. The van der Waals surface area contributed by atoms with Gasteiger partial charge in [0.25, 0.3) is 5.91 Å². The number of carbonyl (C=O) groups is 2. The van der Waals surface area contributed by atoms with Gasteiger partial charge in [-0.25, -0.2) is 14.8 Å². The lowest BCUT2D eigenvalue weighted by Gasteiger charge is -2.37. The van der Waals surface area contributed by atoms with Crippen molar-refractivity contribution >= 4 is 28.3 Å². The van der Waals surface area contributed by atoms with Crippen molar-refractivity contribution in [3.05, 3.63) is 28.3 Å². The van der Waals surface area contributed by atoms with E-state index in [0.29, 0.717) is 36.5 Å². The highest BCUT2D eigenvalue weighted by molar-refractivity contribution is 7.17. The number of carbonyl (C=O) groups excluding carboxylic acids is 1. The van der Waals surface area contributed by atoms with Gasteiger partial charge in [0.1, 0.15) is 10.6 Å². The summed E-state index contributed by atoms with van der Waals surface area (Å²) in [5, 5.41) is 12.4. The maximum Gasteiger partial charge on any atom is 0.432 e. The molecule has 1 fully saturated rings. The van der Waals surface area contributed by atoms with Crippen molar-refractivity contribution in [2.75, 3.05) is 25.1 Å². The first kappa shape index (κ1) is 21.0. The fourth-order valence-electron chi connectivity index (χ4n) is 3.03. The van der Waals surface area contributed by atoms with E-state index in [4.69, 9.17) is 4.74 Å². The Kier molecular flexibility index (Phi) is 5.80. The minimum Gasteiger partial charge on any atom is -0.477 e. The summed E-state index contributed by atoms with van der Waals surface area (Å²) in [5.74, 6) is -2.25. The maximum absolute atomic E-state index is 12.7. The van der Waals surface area contributed by atoms with E-state index in [1.165, 1.54) is 7.11 Å². The summed E-state index contributed by atoms with van der Waals surface area (Å²) in [6, 6.07) is -0.455. The Bertz CT molecular complexity index is 913. The first-order valence-electron chi connectivity index (χ1n) is 8.51. The third-order valence-electron chi connectivity index (χ3n) is 4.52. The third-order valence-corrected chi connectivity index (χ3v) is 5.73. The van der Waals surface area contributed by atoms with Crippen LogP contribution in [0.25, 0.3) is 0 Å². The smallest absolute Gasteiger partial charge is 0.432 e. The standard InChI is InChI=1S/C16H18F3N5O4S/c1-7-11(14(26)27)29-15(21-7)24-4-3-8(9(6-24)28-2)22-13(25)12-20-5-10(23-12)16(17,18)19/h5,8-9H,3-4,6H2,1-2H3,(H,20,23)(H,22,25)(H,26,27)/t8-,9+/m0/s1. The van der Waals surface area contributed by atoms with Crippen molar-refractivity contribution in [2.24, 2.45) is 0 Å². The summed E-state index contributed by atoms with van der Waals surface area (Å²) in [6.07, 6.45) is -4.09. The van der Waals surface area contributed by atoms with Crippen LogP contribution in [0.1, 0.15) is 38.1 Å². The number of H-pyrrole nitrogens is 1. The van der Waals surface area contributed by atoms with E-state index < -0.39 is 41.7 Å². The SMILES string of the molecule is CO[C@@H]1CN(c2nc(C)c(C(=O)O)s2)CC[C@@H]1NC(=O)c1ncc(C(F)(F)F)[nH]1. The predicted octanol–water partition coefficient (Wildman–Crippen LogP) is 1.92. The van der Waals surface area contributed by atoms with E-state index in [9.17, 15) is 27.9 Å². The number of aromatic carboxylic acids is 1. The topological polar surface area (TPSA) is 120 Å². The van der Waals surface area contributed by atoms with Gasteiger partial charge in [-0.2, -0.15) is 13.2 Å². The van der Waals surface area contributed by atoms with E-state index >= 15 is 0 Å². The van der Waals surface area contributed by atoms with Crippen molar-refractivity contribution in [1.82, 2.24) is 20.3 Å². The molecule has 3 heterocycles. The monoisotopic (exact) mass is 433 g/mol. The van der Waals surface area contributed by atoms with Gasteiger partial charge in [-0.15, -0.1) is 0 Å². The molecule has 1 saturated heterocycles. The number of anilines is 1. The van der Waals surface area contributed by atoms with E-state index in [1.807, 2.05) is 9.88 Å². The van der Waals surface area contributed by atoms with E-state index in [2.05, 4.69) is 15.3 Å². The Balaban J connectivity index is 1.67. The number of alkyl halides is 3. The van der Waals surface area contributed by atoms with Crippen LogP contribution in [-0.2, 0) is 10.9 Å². The number of aromatic nitrogens is 3. The molecule has 3 rings (SSSR count). The Morgan fingerprint density at radius 1 is 1.45 bits per heavy atom. The van der Waals surface area contributed by atoms with Crippen molar-refractivity contribution in [1.29, 1.82) is 0 Å². The van der Waals surface area contributed by atoms with Crippen LogP contribution in [0.4, 0.5) is 18.3 Å². The highest BCUT2D eigenvalue weighted by atomic mass is 32.1. The fourth-order valence-corrected chi connectivity index (χ4v) is 3.97. The Labute approximate surface area is 166 Å². The molecule has 1 amide bonds. The number of ether oxygens (including phenoxy) is 1. The largest absolute Gasteiger partial charge is 0.477 e. The number of aromatic amines is 1. The molecule has 158 valence electrons. The van der Waals surface area contributed by atoms with Crippen LogP contribution in [-0.4, -0.2) is 64.3 Å². The van der Waals surface area contributed by atoms with Crippen LogP contribution in [0.5, 0.6) is 0 Å². The number of methoxy groups -OCH3 is 1. The van der Waals surface area contributed by atoms with Crippen LogP contribution >= 0.6 is 11.3 Å². The molecule has 0 aromatic carbocycles. The Morgan fingerprint density at radius 2 is 2.17 bits per heavy atom. The second-order valence-corrected chi connectivity index (χ2v) is 7.43. The molecule has 0 radical (unpaired) electrons. The maximum atomic E-state index is 12.7. The summed E-state index contributed by atoms with van der Waals surface area (Å²) in [7, 11) is 1.46. The average molecular weight is 433 g/mol. The molecule has 1 aliphatic rings. The second kappa shape index (κ2) is 7.99. The van der Waals surface area contributed by atoms with Crippen LogP contribution < -0.4 is 10.2 Å². The third kappa shape index (κ3) is 4.50. The molecule has 0 spiro atoms. The first-order chi connectivity index (χ1) is 13.6. The number of hydrogen-bond donors (Lipinski definition) is 3. The van der Waals surface area contributed by atoms with Gasteiger partial charge in [0.2, 0.25) is 0 Å². The van der Waals surface area contributed by atoms with Gasteiger partial charge in [0.15, 0.2) is 11.0 Å². The number of amides is 1. The zero-order valence-electron chi connectivity index (χ0n) is 15.4. The molecule has 3 N–H and O–H groups in total. The molecule has 2 aromatic heterocycles. The van der Waals surface area contributed by atoms with Gasteiger partial charge in [0, 0.05) is 20.2 Å². The lowest BCUT2D eigenvalue weighted by molar-refractivity contribution is -0.140. The number of rotatable bonds is 5. The van der Waals surface area contributed by atoms with E-state index in [0.717, 1.165) is 11.3 Å². The molecule has 0 bridgehead atoms.